The van der Waals surface area contributed by atoms with Crippen molar-refractivity contribution in [3.63, 3.8) is 0 Å². The van der Waals surface area contributed by atoms with E-state index in [9.17, 15) is 0 Å². The molecule has 15 heavy (non-hydrogen) atoms. The molecule has 5 heteroatoms. The number of hydrogen-bond acceptors (Lipinski definition) is 5. The molecule has 2 atom stereocenters. The molecule has 2 rings (SSSR count). The van der Waals surface area contributed by atoms with E-state index < -0.39 is 0 Å². The third kappa shape index (κ3) is 2.18. The van der Waals surface area contributed by atoms with Gasteiger partial charge in [0.2, 0.25) is 5.89 Å². The van der Waals surface area contributed by atoms with Gasteiger partial charge in [-0.05, 0) is 6.42 Å². The van der Waals surface area contributed by atoms with Crippen LogP contribution in [0.25, 0.3) is 0 Å². The number of rotatable bonds is 2. The van der Waals surface area contributed by atoms with Crippen molar-refractivity contribution < 1.29 is 9.26 Å². The SMILES string of the molecule is CC(C)c1noc(C2COCCC2N)n1. The minimum absolute atomic E-state index is 0.0544. The fourth-order valence-electron chi connectivity index (χ4n) is 1.64. The van der Waals surface area contributed by atoms with E-state index in [0.29, 0.717) is 12.5 Å². The lowest BCUT2D eigenvalue weighted by Gasteiger charge is -2.25. The van der Waals surface area contributed by atoms with Crippen LogP contribution in [0.2, 0.25) is 0 Å². The van der Waals surface area contributed by atoms with Crippen molar-refractivity contribution in [3.8, 4) is 0 Å². The molecule has 2 N–H and O–H groups in total. The Morgan fingerprint density at radius 2 is 2.27 bits per heavy atom. The Labute approximate surface area is 89.0 Å². The van der Waals surface area contributed by atoms with Crippen LogP contribution in [-0.4, -0.2) is 29.4 Å². The number of nitrogens with two attached hydrogens (primary N) is 1. The van der Waals surface area contributed by atoms with Crippen LogP contribution in [0.15, 0.2) is 4.52 Å². The van der Waals surface area contributed by atoms with Crippen molar-refractivity contribution in [2.24, 2.45) is 5.73 Å². The van der Waals surface area contributed by atoms with Gasteiger partial charge in [0.15, 0.2) is 5.82 Å². The zero-order valence-corrected chi connectivity index (χ0v) is 9.14. The monoisotopic (exact) mass is 211 g/mol. The minimum atomic E-state index is 0.0544. The molecule has 1 aromatic heterocycles. The highest BCUT2D eigenvalue weighted by Crippen LogP contribution is 2.24. The van der Waals surface area contributed by atoms with Crippen molar-refractivity contribution in [2.75, 3.05) is 13.2 Å². The topological polar surface area (TPSA) is 74.2 Å². The lowest BCUT2D eigenvalue weighted by molar-refractivity contribution is 0.0590. The minimum Gasteiger partial charge on any atom is -0.381 e. The van der Waals surface area contributed by atoms with Gasteiger partial charge < -0.3 is 15.0 Å². The first-order valence-electron chi connectivity index (χ1n) is 5.35. The Morgan fingerprint density at radius 3 is 2.87 bits per heavy atom. The Morgan fingerprint density at radius 1 is 1.47 bits per heavy atom. The van der Waals surface area contributed by atoms with Crippen LogP contribution in [-0.2, 0) is 4.74 Å². The lowest BCUT2D eigenvalue weighted by Crippen LogP contribution is -2.37. The fourth-order valence-corrected chi connectivity index (χ4v) is 1.64. The first-order chi connectivity index (χ1) is 7.18. The predicted octanol–water partition coefficient (Wildman–Crippen LogP) is 1.02. The second kappa shape index (κ2) is 4.28. The molecule has 5 nitrogen and oxygen atoms in total. The summed E-state index contributed by atoms with van der Waals surface area (Å²) in [6, 6.07) is 0.0687. The van der Waals surface area contributed by atoms with Crippen LogP contribution >= 0.6 is 0 Å². The van der Waals surface area contributed by atoms with E-state index in [-0.39, 0.29) is 17.9 Å². The van der Waals surface area contributed by atoms with Crippen molar-refractivity contribution in [3.05, 3.63) is 11.7 Å². The van der Waals surface area contributed by atoms with Crippen molar-refractivity contribution >= 4 is 0 Å². The molecule has 1 aliphatic rings. The van der Waals surface area contributed by atoms with Gasteiger partial charge in [-0.1, -0.05) is 19.0 Å². The van der Waals surface area contributed by atoms with Gasteiger partial charge in [0.25, 0.3) is 0 Å². The Kier molecular flexibility index (Phi) is 3.02. The van der Waals surface area contributed by atoms with E-state index in [2.05, 4.69) is 10.1 Å². The fraction of sp³-hybridized carbons (Fsp3) is 0.800. The van der Waals surface area contributed by atoms with Crippen LogP contribution in [0.1, 0.15) is 43.8 Å². The molecule has 1 aliphatic heterocycles. The van der Waals surface area contributed by atoms with Crippen LogP contribution < -0.4 is 5.73 Å². The van der Waals surface area contributed by atoms with Gasteiger partial charge >= 0.3 is 0 Å². The summed E-state index contributed by atoms with van der Waals surface area (Å²) in [6.07, 6.45) is 0.851. The lowest BCUT2D eigenvalue weighted by atomic mass is 9.97. The molecule has 0 radical (unpaired) electrons. The van der Waals surface area contributed by atoms with E-state index >= 15 is 0 Å². The van der Waals surface area contributed by atoms with Gasteiger partial charge in [-0.2, -0.15) is 4.98 Å². The maximum Gasteiger partial charge on any atom is 0.233 e. The summed E-state index contributed by atoms with van der Waals surface area (Å²) in [5.41, 5.74) is 5.99. The van der Waals surface area contributed by atoms with E-state index in [4.69, 9.17) is 15.0 Å². The van der Waals surface area contributed by atoms with Gasteiger partial charge in [0.1, 0.15) is 0 Å². The van der Waals surface area contributed by atoms with E-state index in [1.54, 1.807) is 0 Å². The van der Waals surface area contributed by atoms with Crippen molar-refractivity contribution in [2.45, 2.75) is 38.1 Å². The normalized spacial score (nSPS) is 27.2. The highest BCUT2D eigenvalue weighted by atomic mass is 16.5. The molecule has 0 aliphatic carbocycles. The molecule has 1 saturated heterocycles. The standard InChI is InChI=1S/C10H17N3O2/c1-6(2)9-12-10(15-13-9)7-5-14-4-3-8(7)11/h6-8H,3-5,11H2,1-2H3. The summed E-state index contributed by atoms with van der Waals surface area (Å²) < 4.78 is 10.6. The van der Waals surface area contributed by atoms with Gasteiger partial charge in [0.05, 0.1) is 12.5 Å². The van der Waals surface area contributed by atoms with E-state index in [1.165, 1.54) is 0 Å². The summed E-state index contributed by atoms with van der Waals surface area (Å²) in [7, 11) is 0. The summed E-state index contributed by atoms with van der Waals surface area (Å²) in [5, 5.41) is 3.93. The first kappa shape index (κ1) is 10.6. The number of hydrogen-bond donors (Lipinski definition) is 1. The Balaban J connectivity index is 2.13. The van der Waals surface area contributed by atoms with Crippen molar-refractivity contribution in [1.29, 1.82) is 0 Å². The quantitative estimate of drug-likeness (QED) is 0.790. The molecular weight excluding hydrogens is 194 g/mol. The molecule has 0 saturated carbocycles. The molecule has 0 bridgehead atoms. The predicted molar refractivity (Wildman–Crippen MR) is 54.5 cm³/mol. The average molecular weight is 211 g/mol. The van der Waals surface area contributed by atoms with E-state index in [1.807, 2.05) is 13.8 Å². The second-order valence-electron chi connectivity index (χ2n) is 4.28. The molecule has 0 aromatic carbocycles. The molecule has 0 amide bonds. The number of ether oxygens (including phenoxy) is 1. The largest absolute Gasteiger partial charge is 0.381 e. The molecule has 0 spiro atoms. The summed E-state index contributed by atoms with van der Waals surface area (Å²) in [4.78, 5) is 4.35. The Bertz CT molecular complexity index is 324. The summed E-state index contributed by atoms with van der Waals surface area (Å²) in [5.74, 6) is 1.69. The molecule has 2 heterocycles. The average Bonchev–Trinajstić information content (AvgIpc) is 2.67. The van der Waals surface area contributed by atoms with Crippen molar-refractivity contribution in [1.82, 2.24) is 10.1 Å². The Hall–Kier alpha value is -0.940. The highest BCUT2D eigenvalue weighted by Gasteiger charge is 2.29. The molecule has 84 valence electrons. The molecular formula is C10H17N3O2. The molecule has 1 aromatic rings. The smallest absolute Gasteiger partial charge is 0.233 e. The van der Waals surface area contributed by atoms with Crippen LogP contribution in [0.3, 0.4) is 0 Å². The summed E-state index contributed by atoms with van der Waals surface area (Å²) in [6.45, 7) is 5.38. The van der Waals surface area contributed by atoms with Gasteiger partial charge in [-0.25, -0.2) is 0 Å². The maximum absolute atomic E-state index is 5.99. The zero-order chi connectivity index (χ0) is 10.8. The second-order valence-corrected chi connectivity index (χ2v) is 4.28. The van der Waals surface area contributed by atoms with Crippen LogP contribution in [0, 0.1) is 0 Å². The third-order valence-corrected chi connectivity index (χ3v) is 2.70. The third-order valence-electron chi connectivity index (χ3n) is 2.70. The molecule has 2 unspecified atom stereocenters. The summed E-state index contributed by atoms with van der Waals surface area (Å²) >= 11 is 0. The van der Waals surface area contributed by atoms with Crippen LogP contribution in [0.5, 0.6) is 0 Å². The van der Waals surface area contributed by atoms with Gasteiger partial charge in [0, 0.05) is 18.6 Å². The number of aromatic nitrogens is 2. The molecule has 1 fully saturated rings. The zero-order valence-electron chi connectivity index (χ0n) is 9.14. The van der Waals surface area contributed by atoms with Gasteiger partial charge in [-0.3, -0.25) is 0 Å². The highest BCUT2D eigenvalue weighted by molar-refractivity contribution is 5.01. The number of nitrogens with zero attached hydrogens (tertiary/aromatic N) is 2. The maximum atomic E-state index is 5.99. The van der Waals surface area contributed by atoms with Gasteiger partial charge in [-0.15, -0.1) is 0 Å². The van der Waals surface area contributed by atoms with Crippen LogP contribution in [0.4, 0.5) is 0 Å². The van der Waals surface area contributed by atoms with E-state index in [0.717, 1.165) is 18.9 Å². The first-order valence-corrected chi connectivity index (χ1v) is 5.35.